The predicted octanol–water partition coefficient (Wildman–Crippen LogP) is 4.57. The Hall–Kier alpha value is -2.82. The van der Waals surface area contributed by atoms with Gasteiger partial charge in [-0.3, -0.25) is 9.59 Å². The van der Waals surface area contributed by atoms with Crippen molar-refractivity contribution in [2.75, 3.05) is 26.4 Å². The number of hydrogen-bond acceptors (Lipinski definition) is 7. The highest BCUT2D eigenvalue weighted by atomic mass is 19.4. The van der Waals surface area contributed by atoms with Crippen LogP contribution in [0, 0.1) is 5.41 Å². The molecule has 0 N–H and O–H groups in total. The fourth-order valence-electron chi connectivity index (χ4n) is 4.05. The van der Waals surface area contributed by atoms with E-state index in [1.165, 1.54) is 13.8 Å². The first kappa shape index (κ1) is 25.8. The number of carbonyl (C=O) groups excluding carboxylic acids is 2. The summed E-state index contributed by atoms with van der Waals surface area (Å²) in [5.74, 6) is -2.20. The van der Waals surface area contributed by atoms with E-state index in [4.69, 9.17) is 18.9 Å². The quantitative estimate of drug-likeness (QED) is 0.359. The van der Waals surface area contributed by atoms with Crippen molar-refractivity contribution >= 4 is 22.8 Å². The van der Waals surface area contributed by atoms with Crippen molar-refractivity contribution in [2.45, 2.75) is 58.4 Å². The molecule has 1 fully saturated rings. The summed E-state index contributed by atoms with van der Waals surface area (Å²) in [5.41, 5.74) is -1.81. The highest BCUT2D eigenvalue weighted by molar-refractivity contribution is 6.00. The summed E-state index contributed by atoms with van der Waals surface area (Å²) in [6, 6.07) is 5.23. The Kier molecular flexibility index (Phi) is 8.40. The molecule has 1 aliphatic heterocycles. The van der Waals surface area contributed by atoms with Crippen molar-refractivity contribution in [3.8, 4) is 5.75 Å². The van der Waals surface area contributed by atoms with Gasteiger partial charge in [0.05, 0.1) is 43.3 Å². The van der Waals surface area contributed by atoms with Gasteiger partial charge >= 0.3 is 18.1 Å². The van der Waals surface area contributed by atoms with Crippen LogP contribution in [0.1, 0.15) is 52.2 Å². The third kappa shape index (κ3) is 5.81. The van der Waals surface area contributed by atoms with E-state index in [9.17, 15) is 22.8 Å². The number of nitrogens with zero attached hydrogens (tertiary/aromatic N) is 2. The molecule has 1 unspecified atom stereocenters. The summed E-state index contributed by atoms with van der Waals surface area (Å²) in [6.07, 6.45) is -2.85. The standard InChI is InChI=1S/C23H29F3N2O6/c1-3-31-20(29)22(15-23(24,25)26,21(30)32-4-2)11-13-33-18-9-7-8-17-16(18)14-27-28(17)19-10-5-6-12-34-19/h7-9,14,19H,3-6,10-13,15H2,1-2H3. The first-order valence-electron chi connectivity index (χ1n) is 11.3. The van der Waals surface area contributed by atoms with E-state index in [2.05, 4.69) is 5.10 Å². The second-order valence-electron chi connectivity index (χ2n) is 8.01. The topological polar surface area (TPSA) is 88.9 Å². The molecule has 0 radical (unpaired) electrons. The number of aromatic nitrogens is 2. The van der Waals surface area contributed by atoms with Crippen molar-refractivity contribution < 1.29 is 41.7 Å². The lowest BCUT2D eigenvalue weighted by molar-refractivity contribution is -0.197. The maximum Gasteiger partial charge on any atom is 0.390 e. The molecule has 11 heteroatoms. The van der Waals surface area contributed by atoms with Crippen LogP contribution in [0.3, 0.4) is 0 Å². The van der Waals surface area contributed by atoms with Gasteiger partial charge in [-0.2, -0.15) is 18.3 Å². The zero-order valence-corrected chi connectivity index (χ0v) is 19.2. The van der Waals surface area contributed by atoms with Crippen molar-refractivity contribution in [3.05, 3.63) is 24.4 Å². The summed E-state index contributed by atoms with van der Waals surface area (Å²) in [5, 5.41) is 5.05. The number of alkyl halides is 3. The van der Waals surface area contributed by atoms with Crippen LogP contribution in [-0.4, -0.2) is 54.3 Å². The number of halogens is 3. The molecule has 1 aromatic heterocycles. The number of ether oxygens (including phenoxy) is 4. The lowest BCUT2D eigenvalue weighted by Gasteiger charge is -2.29. The number of hydrogen-bond donors (Lipinski definition) is 0. The van der Waals surface area contributed by atoms with Gasteiger partial charge < -0.3 is 18.9 Å². The molecule has 2 aromatic rings. The number of fused-ring (bicyclic) bond motifs is 1. The van der Waals surface area contributed by atoms with Gasteiger partial charge in [-0.15, -0.1) is 0 Å². The number of rotatable bonds is 10. The Morgan fingerprint density at radius 1 is 1.15 bits per heavy atom. The lowest BCUT2D eigenvalue weighted by atomic mass is 9.81. The first-order chi connectivity index (χ1) is 16.2. The van der Waals surface area contributed by atoms with Gasteiger partial charge in [0.1, 0.15) is 5.75 Å². The third-order valence-electron chi connectivity index (χ3n) is 5.65. The van der Waals surface area contributed by atoms with Crippen molar-refractivity contribution in [3.63, 3.8) is 0 Å². The van der Waals surface area contributed by atoms with E-state index in [1.54, 1.807) is 23.0 Å². The van der Waals surface area contributed by atoms with Crippen LogP contribution in [0.4, 0.5) is 13.2 Å². The SMILES string of the molecule is CCOC(=O)C(CCOc1cccc2c1cnn2C1CCCCO1)(CC(F)(F)F)C(=O)OCC. The summed E-state index contributed by atoms with van der Waals surface area (Å²) >= 11 is 0. The molecule has 0 bridgehead atoms. The first-order valence-corrected chi connectivity index (χ1v) is 11.3. The van der Waals surface area contributed by atoms with Crippen LogP contribution in [-0.2, 0) is 23.8 Å². The summed E-state index contributed by atoms with van der Waals surface area (Å²) in [4.78, 5) is 25.2. The second kappa shape index (κ2) is 11.1. The van der Waals surface area contributed by atoms with E-state index in [0.29, 0.717) is 17.7 Å². The zero-order chi connectivity index (χ0) is 24.8. The predicted molar refractivity (Wildman–Crippen MR) is 115 cm³/mol. The summed E-state index contributed by atoms with van der Waals surface area (Å²) < 4.78 is 63.2. The fourth-order valence-corrected chi connectivity index (χ4v) is 4.05. The Balaban J connectivity index is 1.83. The Morgan fingerprint density at radius 2 is 1.85 bits per heavy atom. The molecule has 34 heavy (non-hydrogen) atoms. The Bertz CT molecular complexity index is 967. The van der Waals surface area contributed by atoms with Gasteiger partial charge in [0.15, 0.2) is 11.6 Å². The fraction of sp³-hybridized carbons (Fsp3) is 0.609. The smallest absolute Gasteiger partial charge is 0.390 e. The molecule has 0 aliphatic carbocycles. The molecule has 1 atom stereocenters. The molecule has 0 spiro atoms. The van der Waals surface area contributed by atoms with Gasteiger partial charge in [-0.25, -0.2) is 4.68 Å². The van der Waals surface area contributed by atoms with Crippen molar-refractivity contribution in [1.82, 2.24) is 9.78 Å². The largest absolute Gasteiger partial charge is 0.493 e. The minimum absolute atomic E-state index is 0.180. The minimum Gasteiger partial charge on any atom is -0.493 e. The maximum atomic E-state index is 13.4. The molecular formula is C23H29F3N2O6. The van der Waals surface area contributed by atoms with Crippen molar-refractivity contribution in [2.24, 2.45) is 5.41 Å². The molecule has 1 saturated heterocycles. The normalized spacial score (nSPS) is 16.9. The van der Waals surface area contributed by atoms with Gasteiger partial charge in [0.2, 0.25) is 0 Å². The van der Waals surface area contributed by atoms with Crippen LogP contribution in [0.2, 0.25) is 0 Å². The number of carbonyl (C=O) groups is 2. The molecule has 0 saturated carbocycles. The van der Waals surface area contributed by atoms with Gasteiger partial charge in [-0.05, 0) is 45.2 Å². The van der Waals surface area contributed by atoms with Crippen LogP contribution in [0.15, 0.2) is 24.4 Å². The maximum absolute atomic E-state index is 13.4. The Morgan fingerprint density at radius 3 is 2.44 bits per heavy atom. The van der Waals surface area contributed by atoms with Crippen LogP contribution in [0.25, 0.3) is 10.9 Å². The van der Waals surface area contributed by atoms with Gasteiger partial charge in [0.25, 0.3) is 0 Å². The molecule has 0 amide bonds. The van der Waals surface area contributed by atoms with Crippen LogP contribution < -0.4 is 4.74 Å². The molecule has 1 aromatic carbocycles. The third-order valence-corrected chi connectivity index (χ3v) is 5.65. The number of esters is 2. The van der Waals surface area contributed by atoms with Crippen LogP contribution >= 0.6 is 0 Å². The minimum atomic E-state index is -4.80. The van der Waals surface area contributed by atoms with E-state index >= 15 is 0 Å². The molecule has 2 heterocycles. The lowest BCUT2D eigenvalue weighted by Crippen LogP contribution is -2.46. The molecule has 8 nitrogen and oxygen atoms in total. The van der Waals surface area contributed by atoms with Gasteiger partial charge in [-0.1, -0.05) is 6.07 Å². The monoisotopic (exact) mass is 486 g/mol. The van der Waals surface area contributed by atoms with E-state index in [0.717, 1.165) is 24.8 Å². The average Bonchev–Trinajstić information content (AvgIpc) is 3.23. The zero-order valence-electron chi connectivity index (χ0n) is 19.2. The summed E-state index contributed by atoms with van der Waals surface area (Å²) in [6.45, 7) is 2.84. The summed E-state index contributed by atoms with van der Waals surface area (Å²) in [7, 11) is 0. The second-order valence-corrected chi connectivity index (χ2v) is 8.01. The van der Waals surface area contributed by atoms with E-state index < -0.39 is 36.4 Å². The molecule has 188 valence electrons. The molecular weight excluding hydrogens is 457 g/mol. The molecule has 1 aliphatic rings. The van der Waals surface area contributed by atoms with E-state index in [1.807, 2.05) is 6.07 Å². The van der Waals surface area contributed by atoms with Crippen LogP contribution in [0.5, 0.6) is 5.75 Å². The number of benzene rings is 1. The highest BCUT2D eigenvalue weighted by Gasteiger charge is 2.55. The Labute approximate surface area is 195 Å². The highest BCUT2D eigenvalue weighted by Crippen LogP contribution is 2.39. The van der Waals surface area contributed by atoms with Gasteiger partial charge in [0, 0.05) is 13.0 Å². The molecule has 3 rings (SSSR count). The van der Waals surface area contributed by atoms with E-state index in [-0.39, 0.29) is 26.0 Å². The van der Waals surface area contributed by atoms with Crippen molar-refractivity contribution in [1.29, 1.82) is 0 Å². The average molecular weight is 486 g/mol.